The third-order valence-corrected chi connectivity index (χ3v) is 4.49. The number of Topliss-reactive ketones (excluding diaryl/α,β-unsaturated/α-hetero) is 1. The average molecular weight is 350 g/mol. The van der Waals surface area contributed by atoms with Gasteiger partial charge >= 0.3 is 0 Å². The van der Waals surface area contributed by atoms with E-state index < -0.39 is 0 Å². The van der Waals surface area contributed by atoms with Crippen LogP contribution in [0.3, 0.4) is 0 Å². The number of benzene rings is 1. The number of fused-ring (bicyclic) bond motifs is 1. The maximum absolute atomic E-state index is 12.7. The molecule has 6 nitrogen and oxygen atoms in total. The van der Waals surface area contributed by atoms with Crippen molar-refractivity contribution in [3.05, 3.63) is 59.8 Å². The number of hydrogen-bond donors (Lipinski definition) is 0. The van der Waals surface area contributed by atoms with Crippen molar-refractivity contribution in [3.8, 4) is 0 Å². The summed E-state index contributed by atoms with van der Waals surface area (Å²) in [6.07, 6.45) is 7.49. The topological polar surface area (TPSA) is 68.1 Å². The monoisotopic (exact) mass is 350 g/mol. The first kappa shape index (κ1) is 17.8. The second-order valence-electron chi connectivity index (χ2n) is 6.34. The van der Waals surface area contributed by atoms with Gasteiger partial charge in [0, 0.05) is 36.6 Å². The van der Waals surface area contributed by atoms with Crippen LogP contribution in [0.15, 0.2) is 43.0 Å². The summed E-state index contributed by atoms with van der Waals surface area (Å²) in [6, 6.07) is 5.94. The van der Waals surface area contributed by atoms with E-state index >= 15 is 0 Å². The number of aromatic nitrogens is 3. The van der Waals surface area contributed by atoms with Crippen molar-refractivity contribution >= 4 is 22.6 Å². The Bertz CT molecular complexity index is 947. The molecule has 134 valence electrons. The summed E-state index contributed by atoms with van der Waals surface area (Å²) < 4.78 is 1.89. The van der Waals surface area contributed by atoms with Gasteiger partial charge in [0.25, 0.3) is 0 Å². The summed E-state index contributed by atoms with van der Waals surface area (Å²) in [5.74, 6) is -0.0454. The zero-order valence-corrected chi connectivity index (χ0v) is 15.3. The third-order valence-electron chi connectivity index (χ3n) is 4.49. The number of ketones is 1. The van der Waals surface area contributed by atoms with E-state index in [1.165, 1.54) is 0 Å². The molecule has 3 rings (SSSR count). The van der Waals surface area contributed by atoms with Crippen LogP contribution in [0.1, 0.15) is 35.5 Å². The van der Waals surface area contributed by atoms with Gasteiger partial charge in [-0.25, -0.2) is 0 Å². The van der Waals surface area contributed by atoms with Crippen molar-refractivity contribution in [2.75, 3.05) is 7.05 Å². The highest BCUT2D eigenvalue weighted by Gasteiger charge is 2.18. The Labute approximate surface area is 152 Å². The average Bonchev–Trinajstić information content (AvgIpc) is 3.01. The standard InChI is InChI=1S/C20H22N4O2/c1-4-15-6-5-7-17-18(14(2)25)12-24(20(15)17)13-19(26)23(3)11-16-10-21-8-9-22-16/h5-10,12H,4,11,13H2,1-3H3. The van der Waals surface area contributed by atoms with Gasteiger partial charge in [0.1, 0.15) is 6.54 Å². The Balaban J connectivity index is 1.90. The minimum atomic E-state index is -0.0476. The number of aryl methyl sites for hydroxylation is 1. The van der Waals surface area contributed by atoms with E-state index in [0.29, 0.717) is 12.1 Å². The number of hydrogen-bond acceptors (Lipinski definition) is 4. The molecule has 0 radical (unpaired) electrons. The van der Waals surface area contributed by atoms with Gasteiger partial charge < -0.3 is 9.47 Å². The van der Waals surface area contributed by atoms with Crippen molar-refractivity contribution in [3.63, 3.8) is 0 Å². The summed E-state index contributed by atoms with van der Waals surface area (Å²) >= 11 is 0. The SMILES string of the molecule is CCc1cccc2c(C(C)=O)cn(CC(=O)N(C)Cc3cnccn3)c12. The molecule has 2 aromatic heterocycles. The van der Waals surface area contributed by atoms with Crippen LogP contribution >= 0.6 is 0 Å². The minimum Gasteiger partial charge on any atom is -0.338 e. The lowest BCUT2D eigenvalue weighted by molar-refractivity contribution is -0.131. The molecule has 0 N–H and O–H groups in total. The number of para-hydroxylation sites is 1. The lowest BCUT2D eigenvalue weighted by atomic mass is 10.1. The van der Waals surface area contributed by atoms with Crippen LogP contribution in [0.25, 0.3) is 10.9 Å². The predicted octanol–water partition coefficient (Wildman–Crippen LogP) is 2.85. The number of nitrogens with zero attached hydrogens (tertiary/aromatic N) is 4. The molecule has 1 aromatic carbocycles. The molecule has 0 unspecified atom stereocenters. The maximum Gasteiger partial charge on any atom is 0.242 e. The highest BCUT2D eigenvalue weighted by molar-refractivity contribution is 6.07. The molecular weight excluding hydrogens is 328 g/mol. The molecule has 0 saturated heterocycles. The largest absolute Gasteiger partial charge is 0.338 e. The molecule has 0 atom stereocenters. The van der Waals surface area contributed by atoms with E-state index in [0.717, 1.165) is 28.6 Å². The van der Waals surface area contributed by atoms with Crippen LogP contribution in [0.4, 0.5) is 0 Å². The van der Waals surface area contributed by atoms with E-state index in [4.69, 9.17) is 0 Å². The molecule has 0 aliphatic heterocycles. The predicted molar refractivity (Wildman–Crippen MR) is 99.8 cm³/mol. The lowest BCUT2D eigenvalue weighted by Gasteiger charge is -2.17. The first-order chi connectivity index (χ1) is 12.5. The van der Waals surface area contributed by atoms with Crippen molar-refractivity contribution in [2.24, 2.45) is 0 Å². The molecule has 0 spiro atoms. The second-order valence-corrected chi connectivity index (χ2v) is 6.34. The van der Waals surface area contributed by atoms with Gasteiger partial charge in [0.05, 0.1) is 24.0 Å². The number of likely N-dealkylation sites (N-methyl/N-ethyl adjacent to an activating group) is 1. The van der Waals surface area contributed by atoms with Gasteiger partial charge in [0.2, 0.25) is 5.91 Å². The molecule has 3 aromatic rings. The number of carbonyl (C=O) groups excluding carboxylic acids is 2. The van der Waals surface area contributed by atoms with Crippen molar-refractivity contribution < 1.29 is 9.59 Å². The lowest BCUT2D eigenvalue weighted by Crippen LogP contribution is -2.30. The molecule has 0 fully saturated rings. The smallest absolute Gasteiger partial charge is 0.242 e. The number of amides is 1. The van der Waals surface area contributed by atoms with Crippen molar-refractivity contribution in [1.29, 1.82) is 0 Å². The fraction of sp³-hybridized carbons (Fsp3) is 0.300. The zero-order valence-electron chi connectivity index (χ0n) is 15.3. The third kappa shape index (κ3) is 3.49. The Morgan fingerprint density at radius 1 is 1.23 bits per heavy atom. The molecule has 6 heteroatoms. The van der Waals surface area contributed by atoms with E-state index in [-0.39, 0.29) is 18.2 Å². The van der Waals surface area contributed by atoms with Crippen LogP contribution in [0.2, 0.25) is 0 Å². The van der Waals surface area contributed by atoms with Crippen LogP contribution in [-0.2, 0) is 24.3 Å². The van der Waals surface area contributed by atoms with Crippen LogP contribution in [0.5, 0.6) is 0 Å². The first-order valence-corrected chi connectivity index (χ1v) is 8.61. The Morgan fingerprint density at radius 2 is 2.04 bits per heavy atom. The Kier molecular flexibility index (Phi) is 5.11. The first-order valence-electron chi connectivity index (χ1n) is 8.61. The number of rotatable bonds is 6. The minimum absolute atomic E-state index is 0.00219. The highest BCUT2D eigenvalue weighted by Crippen LogP contribution is 2.26. The molecule has 26 heavy (non-hydrogen) atoms. The molecular formula is C20H22N4O2. The highest BCUT2D eigenvalue weighted by atomic mass is 16.2. The van der Waals surface area contributed by atoms with Crippen LogP contribution in [-0.4, -0.2) is 38.2 Å². The van der Waals surface area contributed by atoms with Gasteiger partial charge in [0.15, 0.2) is 5.78 Å². The molecule has 0 saturated carbocycles. The van der Waals surface area contributed by atoms with Crippen molar-refractivity contribution in [2.45, 2.75) is 33.4 Å². The normalized spacial score (nSPS) is 10.9. The summed E-state index contributed by atoms with van der Waals surface area (Å²) in [7, 11) is 1.75. The Morgan fingerprint density at radius 3 is 2.69 bits per heavy atom. The van der Waals surface area contributed by atoms with E-state index in [1.807, 2.05) is 22.8 Å². The summed E-state index contributed by atoms with van der Waals surface area (Å²) in [6.45, 7) is 4.20. The summed E-state index contributed by atoms with van der Waals surface area (Å²) in [5.41, 5.74) is 3.47. The van der Waals surface area contributed by atoms with Gasteiger partial charge in [-0.15, -0.1) is 0 Å². The maximum atomic E-state index is 12.7. The van der Waals surface area contributed by atoms with E-state index in [9.17, 15) is 9.59 Å². The van der Waals surface area contributed by atoms with Gasteiger partial charge in [-0.3, -0.25) is 19.6 Å². The molecule has 2 heterocycles. The van der Waals surface area contributed by atoms with Gasteiger partial charge in [-0.1, -0.05) is 25.1 Å². The summed E-state index contributed by atoms with van der Waals surface area (Å²) in [5, 5.41) is 0.904. The second kappa shape index (κ2) is 7.47. The van der Waals surface area contributed by atoms with E-state index in [1.54, 1.807) is 43.7 Å². The van der Waals surface area contributed by atoms with Crippen LogP contribution < -0.4 is 0 Å². The Hall–Kier alpha value is -3.02. The fourth-order valence-electron chi connectivity index (χ4n) is 3.14. The zero-order chi connectivity index (χ0) is 18.7. The van der Waals surface area contributed by atoms with Crippen LogP contribution in [0, 0.1) is 0 Å². The molecule has 1 amide bonds. The van der Waals surface area contributed by atoms with E-state index in [2.05, 4.69) is 16.9 Å². The molecule has 0 aliphatic rings. The van der Waals surface area contributed by atoms with Gasteiger partial charge in [-0.2, -0.15) is 0 Å². The number of carbonyl (C=O) groups is 2. The fourth-order valence-corrected chi connectivity index (χ4v) is 3.14. The quantitative estimate of drug-likeness (QED) is 0.641. The summed E-state index contributed by atoms with van der Waals surface area (Å²) in [4.78, 5) is 34.6. The van der Waals surface area contributed by atoms with Gasteiger partial charge in [-0.05, 0) is 18.9 Å². The van der Waals surface area contributed by atoms with Crippen molar-refractivity contribution in [1.82, 2.24) is 19.4 Å². The molecule has 0 aliphatic carbocycles. The molecule has 0 bridgehead atoms.